The molecule has 0 aliphatic heterocycles. The molecule has 0 radical (unpaired) electrons. The number of carbonyl (C=O) groups is 1. The van der Waals surface area contributed by atoms with E-state index < -0.39 is 13.0 Å². The van der Waals surface area contributed by atoms with Crippen LogP contribution in [0.15, 0.2) is 48.9 Å². The number of pyridine rings is 1. The van der Waals surface area contributed by atoms with Crippen molar-refractivity contribution in [3.8, 4) is 11.5 Å². The molecule has 1 atom stereocenters. The number of benzene rings is 1. The summed E-state index contributed by atoms with van der Waals surface area (Å²) < 4.78 is 5.78. The summed E-state index contributed by atoms with van der Waals surface area (Å²) in [5.74, 6) is 1.08. The highest BCUT2D eigenvalue weighted by atomic mass is 16.5. The van der Waals surface area contributed by atoms with Gasteiger partial charge in [0, 0.05) is 41.5 Å². The summed E-state index contributed by atoms with van der Waals surface area (Å²) in [5, 5.41) is 22.0. The molecule has 0 spiro atoms. The van der Waals surface area contributed by atoms with Gasteiger partial charge in [0.1, 0.15) is 17.3 Å². The number of hydrogen-bond donors (Lipinski definition) is 3. The Morgan fingerprint density at radius 1 is 1.07 bits per heavy atom. The molecule has 29 heavy (non-hydrogen) atoms. The zero-order valence-electron chi connectivity index (χ0n) is 16.3. The first-order valence-corrected chi connectivity index (χ1v) is 9.03. The molecule has 0 bridgehead atoms. The molecule has 1 amide bonds. The van der Waals surface area contributed by atoms with E-state index in [0.717, 1.165) is 11.3 Å². The van der Waals surface area contributed by atoms with E-state index in [9.17, 15) is 14.8 Å². The van der Waals surface area contributed by atoms with Gasteiger partial charge in [0.2, 0.25) is 0 Å². The average Bonchev–Trinajstić information content (AvgIpc) is 2.68. The summed E-state index contributed by atoms with van der Waals surface area (Å²) in [6.45, 7) is 5.42. The minimum absolute atomic E-state index is 0.143. The van der Waals surface area contributed by atoms with Gasteiger partial charge in [-0.15, -0.1) is 0 Å². The second-order valence-electron chi connectivity index (χ2n) is 6.66. The number of ether oxygens (including phenoxy) is 1. The van der Waals surface area contributed by atoms with Crippen molar-refractivity contribution in [3.63, 3.8) is 0 Å². The van der Waals surface area contributed by atoms with Crippen LogP contribution in [0.2, 0.25) is 0 Å². The topological polar surface area (TPSA) is 117 Å². The fourth-order valence-corrected chi connectivity index (χ4v) is 2.67. The number of amides is 1. The van der Waals surface area contributed by atoms with E-state index in [-0.39, 0.29) is 17.1 Å². The van der Waals surface area contributed by atoms with Crippen LogP contribution >= 0.6 is 0 Å². The van der Waals surface area contributed by atoms with E-state index in [4.69, 9.17) is 4.74 Å². The molecule has 3 aromatic rings. The Morgan fingerprint density at radius 2 is 1.79 bits per heavy atom. The molecule has 0 saturated carbocycles. The minimum atomic E-state index is -1.74. The summed E-state index contributed by atoms with van der Waals surface area (Å²) in [6, 6.07) is 7.49. The first kappa shape index (κ1) is 20.4. The molecule has 0 saturated heterocycles. The van der Waals surface area contributed by atoms with Crippen LogP contribution in [-0.2, 0) is 0 Å². The normalized spacial score (nSPS) is 11.6. The van der Waals surface area contributed by atoms with E-state index >= 15 is 0 Å². The molecule has 0 fully saturated rings. The largest absolute Gasteiger partial charge is 0.488 e. The van der Waals surface area contributed by atoms with Gasteiger partial charge in [0.25, 0.3) is 5.91 Å². The summed E-state index contributed by atoms with van der Waals surface area (Å²) in [7, 11) is -1.74. The van der Waals surface area contributed by atoms with Crippen molar-refractivity contribution in [2.45, 2.75) is 26.8 Å². The van der Waals surface area contributed by atoms with Gasteiger partial charge in [-0.2, -0.15) is 0 Å². The monoisotopic (exact) mass is 392 g/mol. The van der Waals surface area contributed by atoms with Crippen LogP contribution in [0.1, 0.15) is 40.4 Å². The Labute approximate surface area is 168 Å². The average molecular weight is 392 g/mol. The van der Waals surface area contributed by atoms with Crippen molar-refractivity contribution >= 4 is 18.5 Å². The molecule has 3 N–H and O–H groups in total. The minimum Gasteiger partial charge on any atom is -0.457 e. The maximum Gasteiger partial charge on any atom is 0.488 e. The second kappa shape index (κ2) is 8.81. The fourth-order valence-electron chi connectivity index (χ4n) is 2.67. The zero-order chi connectivity index (χ0) is 21.0. The maximum absolute atomic E-state index is 12.7. The third-order valence-corrected chi connectivity index (χ3v) is 4.24. The van der Waals surface area contributed by atoms with E-state index in [0.29, 0.717) is 17.3 Å². The van der Waals surface area contributed by atoms with Gasteiger partial charge >= 0.3 is 7.12 Å². The van der Waals surface area contributed by atoms with E-state index in [1.807, 2.05) is 13.8 Å². The molecule has 9 heteroatoms. The summed E-state index contributed by atoms with van der Waals surface area (Å²) in [5.41, 5.74) is 1.90. The molecule has 0 aliphatic rings. The summed E-state index contributed by atoms with van der Waals surface area (Å²) in [6.07, 6.45) is 4.91. The Kier molecular flexibility index (Phi) is 6.21. The lowest BCUT2D eigenvalue weighted by molar-refractivity contribution is 0.0939. The molecule has 2 heterocycles. The Bertz CT molecular complexity index is 1010. The molecule has 2 aromatic heterocycles. The van der Waals surface area contributed by atoms with Crippen molar-refractivity contribution in [1.29, 1.82) is 0 Å². The van der Waals surface area contributed by atoms with Crippen molar-refractivity contribution in [3.05, 3.63) is 71.6 Å². The Morgan fingerprint density at radius 3 is 2.45 bits per heavy atom. The Balaban J connectivity index is 1.84. The highest BCUT2D eigenvalue weighted by molar-refractivity contribution is 6.58. The van der Waals surface area contributed by atoms with Crippen LogP contribution in [0.25, 0.3) is 0 Å². The van der Waals surface area contributed by atoms with Gasteiger partial charge in [0.05, 0.1) is 6.04 Å². The first-order chi connectivity index (χ1) is 13.8. The molecule has 1 aromatic carbocycles. The van der Waals surface area contributed by atoms with Crippen LogP contribution < -0.4 is 15.5 Å². The van der Waals surface area contributed by atoms with Gasteiger partial charge in [-0.1, -0.05) is 0 Å². The fraction of sp³-hybridized carbons (Fsp3) is 0.200. The quantitative estimate of drug-likeness (QED) is 0.544. The maximum atomic E-state index is 12.7. The molecule has 0 aliphatic carbocycles. The highest BCUT2D eigenvalue weighted by Gasteiger charge is 2.19. The number of hydrogen-bond acceptors (Lipinski definition) is 7. The van der Waals surface area contributed by atoms with Crippen LogP contribution in [0.4, 0.5) is 0 Å². The zero-order valence-corrected chi connectivity index (χ0v) is 16.3. The predicted octanol–water partition coefficient (Wildman–Crippen LogP) is 1.45. The first-order valence-electron chi connectivity index (χ1n) is 9.03. The van der Waals surface area contributed by atoms with E-state index in [2.05, 4.69) is 20.3 Å². The predicted molar refractivity (Wildman–Crippen MR) is 108 cm³/mol. The lowest BCUT2D eigenvalue weighted by atomic mass is 9.79. The van der Waals surface area contributed by atoms with Crippen LogP contribution in [0.5, 0.6) is 11.5 Å². The van der Waals surface area contributed by atoms with Crippen molar-refractivity contribution in [2.24, 2.45) is 0 Å². The van der Waals surface area contributed by atoms with Crippen LogP contribution in [-0.4, -0.2) is 38.0 Å². The number of nitrogens with one attached hydrogen (secondary N) is 1. The van der Waals surface area contributed by atoms with Gasteiger partial charge in [-0.25, -0.2) is 9.97 Å². The number of nitrogens with zero attached hydrogens (tertiary/aromatic N) is 3. The lowest BCUT2D eigenvalue weighted by Gasteiger charge is -2.15. The highest BCUT2D eigenvalue weighted by Crippen LogP contribution is 2.22. The third-order valence-electron chi connectivity index (χ3n) is 4.24. The SMILES string of the molecule is Cc1cc(Oc2cc(B(O)O)cc(C(=O)N[C@H](C)c3cnc(C)nc3)c2)ccn1. The smallest absolute Gasteiger partial charge is 0.457 e. The standard InChI is InChI=1S/C20H21BN4O4/c1-12-6-18(4-5-22-12)29-19-8-15(7-17(9-19)21(27)28)20(26)25-13(2)16-10-23-14(3)24-11-16/h4-11,13,27-28H,1-3H3,(H,25,26)/t13-/m1/s1. The number of rotatable bonds is 6. The van der Waals surface area contributed by atoms with Gasteiger partial charge < -0.3 is 20.1 Å². The number of aryl methyl sites for hydroxylation is 2. The summed E-state index contributed by atoms with van der Waals surface area (Å²) >= 11 is 0. The molecular weight excluding hydrogens is 371 g/mol. The van der Waals surface area contributed by atoms with Crippen molar-refractivity contribution in [1.82, 2.24) is 20.3 Å². The second-order valence-corrected chi connectivity index (χ2v) is 6.66. The van der Waals surface area contributed by atoms with Crippen LogP contribution in [0, 0.1) is 13.8 Å². The van der Waals surface area contributed by atoms with Crippen molar-refractivity contribution < 1.29 is 19.6 Å². The lowest BCUT2D eigenvalue weighted by Crippen LogP contribution is -2.32. The van der Waals surface area contributed by atoms with E-state index in [1.165, 1.54) is 18.2 Å². The molecule has 3 rings (SSSR count). The molecule has 0 unspecified atom stereocenters. The van der Waals surface area contributed by atoms with Crippen molar-refractivity contribution in [2.75, 3.05) is 0 Å². The Hall–Kier alpha value is -3.30. The number of aromatic nitrogens is 3. The van der Waals surface area contributed by atoms with Crippen LogP contribution in [0.3, 0.4) is 0 Å². The van der Waals surface area contributed by atoms with Gasteiger partial charge in [-0.3, -0.25) is 9.78 Å². The van der Waals surface area contributed by atoms with Gasteiger partial charge in [0.15, 0.2) is 0 Å². The molecule has 148 valence electrons. The third kappa shape index (κ3) is 5.37. The van der Waals surface area contributed by atoms with E-state index in [1.54, 1.807) is 37.6 Å². The summed E-state index contributed by atoms with van der Waals surface area (Å²) in [4.78, 5) is 25.1. The van der Waals surface area contributed by atoms with Gasteiger partial charge in [-0.05, 0) is 50.5 Å². The number of carbonyl (C=O) groups excluding carboxylic acids is 1. The molecule has 8 nitrogen and oxygen atoms in total. The molecular formula is C20H21BN4O4.